The molecule has 4 nitrogen and oxygen atoms in total. The highest BCUT2D eigenvalue weighted by Gasteiger charge is 2.20. The number of carbonyl (C=O) groups excluding carboxylic acids is 1. The number of anilines is 1. The van der Waals surface area contributed by atoms with Crippen molar-refractivity contribution in [1.82, 2.24) is 4.57 Å². The first kappa shape index (κ1) is 22.6. The Morgan fingerprint density at radius 3 is 1.83 bits per heavy atom. The Kier molecular flexibility index (Phi) is 6.55. The number of aromatic nitrogens is 1. The van der Waals surface area contributed by atoms with E-state index in [9.17, 15) is 10.1 Å². The minimum absolute atomic E-state index is 0.0286. The van der Waals surface area contributed by atoms with Crippen molar-refractivity contribution in [3.05, 3.63) is 139 Å². The zero-order chi connectivity index (χ0) is 24.7. The summed E-state index contributed by atoms with van der Waals surface area (Å²) in [5.41, 5.74) is 6.32. The molecule has 172 valence electrons. The lowest BCUT2D eigenvalue weighted by atomic mass is 10.0. The fraction of sp³-hybridized carbons (Fsp3) is 0. The number of nitrogens with one attached hydrogen (secondary N) is 1. The number of rotatable bonds is 6. The van der Waals surface area contributed by atoms with Gasteiger partial charge in [0.25, 0.3) is 5.91 Å². The summed E-state index contributed by atoms with van der Waals surface area (Å²) >= 11 is 0. The lowest BCUT2D eigenvalue weighted by Crippen LogP contribution is -2.13. The standard InChI is InChI=1S/C32H23N3O/c33-23-27(32(36)34-28-17-9-3-10-18-28)21-26-22-30(24-13-5-1-6-14-24)35(29-19-11-4-12-20-29)31(26)25-15-7-2-8-16-25/h1-22H,(H,34,36)/b27-21+. The minimum Gasteiger partial charge on any atom is -0.321 e. The second-order valence-electron chi connectivity index (χ2n) is 8.23. The van der Waals surface area contributed by atoms with E-state index in [1.54, 1.807) is 18.2 Å². The van der Waals surface area contributed by atoms with Gasteiger partial charge in [0.05, 0.1) is 11.4 Å². The Morgan fingerprint density at radius 2 is 1.25 bits per heavy atom. The average molecular weight is 466 g/mol. The normalized spacial score (nSPS) is 11.0. The van der Waals surface area contributed by atoms with Crippen molar-refractivity contribution in [2.24, 2.45) is 0 Å². The number of hydrogen-bond acceptors (Lipinski definition) is 2. The first-order chi connectivity index (χ1) is 17.7. The molecule has 0 atom stereocenters. The fourth-order valence-electron chi connectivity index (χ4n) is 4.22. The maximum atomic E-state index is 13.0. The van der Waals surface area contributed by atoms with Crippen molar-refractivity contribution in [1.29, 1.82) is 5.26 Å². The van der Waals surface area contributed by atoms with Crippen LogP contribution < -0.4 is 5.32 Å². The Morgan fingerprint density at radius 1 is 0.722 bits per heavy atom. The van der Waals surface area contributed by atoms with Crippen LogP contribution in [0.1, 0.15) is 5.56 Å². The number of amides is 1. The summed E-state index contributed by atoms with van der Waals surface area (Å²) in [5.74, 6) is -0.448. The lowest BCUT2D eigenvalue weighted by molar-refractivity contribution is -0.112. The van der Waals surface area contributed by atoms with E-state index in [1.165, 1.54) is 0 Å². The van der Waals surface area contributed by atoms with Crippen LogP contribution in [0, 0.1) is 11.3 Å². The molecule has 0 bridgehead atoms. The molecule has 1 amide bonds. The van der Waals surface area contributed by atoms with Gasteiger partial charge in [0.1, 0.15) is 11.6 Å². The molecule has 0 fully saturated rings. The lowest BCUT2D eigenvalue weighted by Gasteiger charge is -2.15. The molecule has 1 aromatic heterocycles. The Hall–Kier alpha value is -5.14. The quantitative estimate of drug-likeness (QED) is 0.210. The number of hydrogen-bond donors (Lipinski definition) is 1. The van der Waals surface area contributed by atoms with Gasteiger partial charge in [-0.15, -0.1) is 0 Å². The predicted molar refractivity (Wildman–Crippen MR) is 145 cm³/mol. The molecule has 5 rings (SSSR count). The molecule has 0 aliphatic rings. The van der Waals surface area contributed by atoms with Crippen LogP contribution in [-0.2, 0) is 4.79 Å². The van der Waals surface area contributed by atoms with Gasteiger partial charge in [-0.25, -0.2) is 0 Å². The molecule has 0 radical (unpaired) electrons. The third-order valence-electron chi connectivity index (χ3n) is 5.86. The van der Waals surface area contributed by atoms with E-state index in [0.29, 0.717) is 5.69 Å². The van der Waals surface area contributed by atoms with Gasteiger partial charge in [-0.05, 0) is 47.5 Å². The molecule has 4 heteroatoms. The Labute approximate surface area is 210 Å². The van der Waals surface area contributed by atoms with E-state index in [1.807, 2.05) is 91.0 Å². The SMILES string of the molecule is N#C/C(=C\c1cc(-c2ccccc2)n(-c2ccccc2)c1-c1ccccc1)C(=O)Nc1ccccc1. The summed E-state index contributed by atoms with van der Waals surface area (Å²) in [7, 11) is 0. The van der Waals surface area contributed by atoms with Crippen LogP contribution in [0.15, 0.2) is 133 Å². The molecule has 0 spiro atoms. The van der Waals surface area contributed by atoms with Gasteiger partial charge >= 0.3 is 0 Å². The average Bonchev–Trinajstić information content (AvgIpc) is 3.33. The first-order valence-electron chi connectivity index (χ1n) is 11.6. The molecule has 36 heavy (non-hydrogen) atoms. The van der Waals surface area contributed by atoms with Gasteiger partial charge in [0.15, 0.2) is 0 Å². The molecule has 5 aromatic rings. The zero-order valence-electron chi connectivity index (χ0n) is 19.5. The van der Waals surface area contributed by atoms with Crippen molar-refractivity contribution in [3.8, 4) is 34.3 Å². The van der Waals surface area contributed by atoms with Crippen LogP contribution in [0.4, 0.5) is 5.69 Å². The van der Waals surface area contributed by atoms with Gasteiger partial charge in [-0.2, -0.15) is 5.26 Å². The third-order valence-corrected chi connectivity index (χ3v) is 5.86. The number of benzene rings is 4. The van der Waals surface area contributed by atoms with Crippen molar-refractivity contribution in [3.63, 3.8) is 0 Å². The molecule has 0 saturated heterocycles. The zero-order valence-corrected chi connectivity index (χ0v) is 19.5. The monoisotopic (exact) mass is 465 g/mol. The third kappa shape index (κ3) is 4.72. The first-order valence-corrected chi connectivity index (χ1v) is 11.6. The molecule has 0 aliphatic carbocycles. The molecule has 0 aliphatic heterocycles. The number of para-hydroxylation sites is 2. The maximum absolute atomic E-state index is 13.0. The predicted octanol–water partition coefficient (Wildman–Crippen LogP) is 7.36. The molecule has 1 N–H and O–H groups in total. The summed E-state index contributed by atoms with van der Waals surface area (Å²) in [6, 6.07) is 43.5. The molecule has 0 unspecified atom stereocenters. The Balaban J connectivity index is 1.73. The highest BCUT2D eigenvalue weighted by Crippen LogP contribution is 2.37. The van der Waals surface area contributed by atoms with E-state index in [4.69, 9.17) is 0 Å². The van der Waals surface area contributed by atoms with E-state index >= 15 is 0 Å². The van der Waals surface area contributed by atoms with Crippen molar-refractivity contribution in [2.45, 2.75) is 0 Å². The van der Waals surface area contributed by atoms with Crippen LogP contribution in [0.25, 0.3) is 34.3 Å². The van der Waals surface area contributed by atoms with E-state index < -0.39 is 5.91 Å². The summed E-state index contributed by atoms with van der Waals surface area (Å²) in [6.45, 7) is 0. The van der Waals surface area contributed by atoms with E-state index in [-0.39, 0.29) is 5.57 Å². The molecule has 0 saturated carbocycles. The highest BCUT2D eigenvalue weighted by atomic mass is 16.1. The van der Waals surface area contributed by atoms with Gasteiger partial charge in [0.2, 0.25) is 0 Å². The topological polar surface area (TPSA) is 57.8 Å². The van der Waals surface area contributed by atoms with Crippen molar-refractivity contribution in [2.75, 3.05) is 5.32 Å². The van der Waals surface area contributed by atoms with Gasteiger partial charge in [-0.1, -0.05) is 97.1 Å². The van der Waals surface area contributed by atoms with Crippen molar-refractivity contribution >= 4 is 17.7 Å². The minimum atomic E-state index is -0.448. The van der Waals surface area contributed by atoms with Crippen LogP contribution in [-0.4, -0.2) is 10.5 Å². The summed E-state index contributed by atoms with van der Waals surface area (Å²) in [6.07, 6.45) is 1.67. The Bertz CT molecular complexity index is 1550. The van der Waals surface area contributed by atoms with Crippen LogP contribution in [0.3, 0.4) is 0 Å². The summed E-state index contributed by atoms with van der Waals surface area (Å²) in [5, 5.41) is 12.7. The maximum Gasteiger partial charge on any atom is 0.266 e. The van der Waals surface area contributed by atoms with Crippen LogP contribution >= 0.6 is 0 Å². The van der Waals surface area contributed by atoms with Crippen molar-refractivity contribution < 1.29 is 4.79 Å². The molecule has 1 heterocycles. The number of nitriles is 1. The number of carbonyl (C=O) groups is 1. The molecular weight excluding hydrogens is 442 g/mol. The summed E-state index contributed by atoms with van der Waals surface area (Å²) < 4.78 is 2.18. The second kappa shape index (κ2) is 10.4. The van der Waals surface area contributed by atoms with E-state index in [2.05, 4.69) is 40.2 Å². The fourth-order valence-corrected chi connectivity index (χ4v) is 4.22. The van der Waals surface area contributed by atoms with Crippen LogP contribution in [0.5, 0.6) is 0 Å². The largest absolute Gasteiger partial charge is 0.321 e. The van der Waals surface area contributed by atoms with Gasteiger partial charge < -0.3 is 9.88 Å². The molecule has 4 aromatic carbocycles. The smallest absolute Gasteiger partial charge is 0.266 e. The highest BCUT2D eigenvalue weighted by molar-refractivity contribution is 6.10. The second-order valence-corrected chi connectivity index (χ2v) is 8.23. The number of nitrogens with zero attached hydrogens (tertiary/aromatic N) is 2. The molecular formula is C32H23N3O. The summed E-state index contributed by atoms with van der Waals surface area (Å²) in [4.78, 5) is 13.0. The van der Waals surface area contributed by atoms with Gasteiger partial charge in [-0.3, -0.25) is 4.79 Å². The van der Waals surface area contributed by atoms with Gasteiger partial charge in [0, 0.05) is 16.9 Å². The van der Waals surface area contributed by atoms with E-state index in [0.717, 1.165) is 33.8 Å². The van der Waals surface area contributed by atoms with Crippen LogP contribution in [0.2, 0.25) is 0 Å².